The van der Waals surface area contributed by atoms with E-state index in [0.29, 0.717) is 4.99 Å². The molecule has 1 fully saturated rings. The van der Waals surface area contributed by atoms with Gasteiger partial charge in [-0.25, -0.2) is 0 Å². The SMILES string of the molecule is NC(=S)CCCCN1CCC(O)C1. The average molecular weight is 202 g/mol. The monoisotopic (exact) mass is 202 g/mol. The van der Waals surface area contributed by atoms with Gasteiger partial charge in [-0.15, -0.1) is 0 Å². The average Bonchev–Trinajstić information content (AvgIpc) is 2.45. The standard InChI is InChI=1S/C9H18N2OS/c10-9(13)3-1-2-5-11-6-4-8(12)7-11/h8,12H,1-7H2,(H2,10,13). The van der Waals surface area contributed by atoms with E-state index in [9.17, 15) is 5.11 Å². The highest BCUT2D eigenvalue weighted by Crippen LogP contribution is 2.09. The van der Waals surface area contributed by atoms with E-state index in [0.717, 1.165) is 45.3 Å². The highest BCUT2D eigenvalue weighted by Gasteiger charge is 2.18. The minimum atomic E-state index is -0.101. The summed E-state index contributed by atoms with van der Waals surface area (Å²) in [5.74, 6) is 0. The second kappa shape index (κ2) is 5.52. The van der Waals surface area contributed by atoms with E-state index in [2.05, 4.69) is 4.90 Å². The fourth-order valence-electron chi connectivity index (χ4n) is 1.65. The predicted octanol–water partition coefficient (Wildman–Crippen LogP) is 0.509. The molecule has 1 heterocycles. The summed E-state index contributed by atoms with van der Waals surface area (Å²) >= 11 is 4.79. The highest BCUT2D eigenvalue weighted by atomic mass is 32.1. The molecule has 0 bridgehead atoms. The fourth-order valence-corrected chi connectivity index (χ4v) is 1.79. The lowest BCUT2D eigenvalue weighted by Gasteiger charge is -2.13. The zero-order valence-electron chi connectivity index (χ0n) is 7.91. The van der Waals surface area contributed by atoms with Crippen molar-refractivity contribution in [2.45, 2.75) is 31.8 Å². The quantitative estimate of drug-likeness (QED) is 0.504. The van der Waals surface area contributed by atoms with Crippen molar-refractivity contribution in [3.8, 4) is 0 Å². The summed E-state index contributed by atoms with van der Waals surface area (Å²) in [4.78, 5) is 2.91. The van der Waals surface area contributed by atoms with Crippen LogP contribution in [-0.4, -0.2) is 40.7 Å². The van der Waals surface area contributed by atoms with Gasteiger partial charge in [-0.2, -0.15) is 0 Å². The lowest BCUT2D eigenvalue weighted by atomic mass is 10.2. The molecule has 0 radical (unpaired) electrons. The van der Waals surface area contributed by atoms with E-state index in [4.69, 9.17) is 18.0 Å². The summed E-state index contributed by atoms with van der Waals surface area (Å²) in [5, 5.41) is 9.26. The van der Waals surface area contributed by atoms with Gasteiger partial charge in [0.25, 0.3) is 0 Å². The molecule has 76 valence electrons. The fraction of sp³-hybridized carbons (Fsp3) is 0.889. The molecule has 1 aliphatic heterocycles. The minimum Gasteiger partial charge on any atom is -0.393 e. The molecule has 0 aromatic rings. The van der Waals surface area contributed by atoms with Crippen molar-refractivity contribution in [3.63, 3.8) is 0 Å². The Morgan fingerprint density at radius 2 is 2.31 bits per heavy atom. The Morgan fingerprint density at radius 3 is 2.85 bits per heavy atom. The Bertz CT molecular complexity index is 175. The van der Waals surface area contributed by atoms with Gasteiger partial charge in [-0.05, 0) is 32.2 Å². The molecule has 0 aromatic heterocycles. The van der Waals surface area contributed by atoms with Crippen LogP contribution >= 0.6 is 12.2 Å². The first kappa shape index (κ1) is 10.9. The van der Waals surface area contributed by atoms with Crippen LogP contribution < -0.4 is 5.73 Å². The maximum Gasteiger partial charge on any atom is 0.0727 e. The van der Waals surface area contributed by atoms with Crippen LogP contribution in [0.1, 0.15) is 25.7 Å². The van der Waals surface area contributed by atoms with Gasteiger partial charge in [0.2, 0.25) is 0 Å². The zero-order chi connectivity index (χ0) is 9.68. The van der Waals surface area contributed by atoms with Crippen molar-refractivity contribution in [1.29, 1.82) is 0 Å². The van der Waals surface area contributed by atoms with Gasteiger partial charge >= 0.3 is 0 Å². The van der Waals surface area contributed by atoms with E-state index < -0.39 is 0 Å². The summed E-state index contributed by atoms with van der Waals surface area (Å²) in [5.41, 5.74) is 5.39. The number of β-amino-alcohol motifs (C(OH)–C–C–N with tert-alkyl or cyclic N) is 1. The molecule has 4 heteroatoms. The van der Waals surface area contributed by atoms with E-state index in [1.54, 1.807) is 0 Å². The number of nitrogens with zero attached hydrogens (tertiary/aromatic N) is 1. The second-order valence-corrected chi connectivity index (χ2v) is 4.19. The van der Waals surface area contributed by atoms with Crippen LogP contribution in [0.15, 0.2) is 0 Å². The summed E-state index contributed by atoms with van der Waals surface area (Å²) in [7, 11) is 0. The first-order chi connectivity index (χ1) is 6.18. The van der Waals surface area contributed by atoms with E-state index in [-0.39, 0.29) is 6.10 Å². The molecule has 1 atom stereocenters. The van der Waals surface area contributed by atoms with Crippen molar-refractivity contribution in [1.82, 2.24) is 4.90 Å². The normalized spacial score (nSPS) is 23.6. The number of thiocarbonyl (C=S) groups is 1. The van der Waals surface area contributed by atoms with Crippen LogP contribution in [0.5, 0.6) is 0 Å². The first-order valence-corrected chi connectivity index (χ1v) is 5.28. The lowest BCUT2D eigenvalue weighted by molar-refractivity contribution is 0.176. The van der Waals surface area contributed by atoms with Gasteiger partial charge in [0.05, 0.1) is 11.1 Å². The number of aliphatic hydroxyl groups excluding tert-OH is 1. The molecule has 0 aromatic carbocycles. The summed E-state index contributed by atoms with van der Waals surface area (Å²) < 4.78 is 0. The minimum absolute atomic E-state index is 0.101. The van der Waals surface area contributed by atoms with Gasteiger partial charge in [-0.1, -0.05) is 12.2 Å². The van der Waals surface area contributed by atoms with Crippen molar-refractivity contribution < 1.29 is 5.11 Å². The molecule has 0 saturated carbocycles. The van der Waals surface area contributed by atoms with Gasteiger partial charge in [0, 0.05) is 13.1 Å². The van der Waals surface area contributed by atoms with Crippen molar-refractivity contribution in [3.05, 3.63) is 0 Å². The molecule has 1 unspecified atom stereocenters. The largest absolute Gasteiger partial charge is 0.393 e. The van der Waals surface area contributed by atoms with Crippen molar-refractivity contribution in [2.75, 3.05) is 19.6 Å². The molecule has 1 rings (SSSR count). The van der Waals surface area contributed by atoms with Gasteiger partial charge < -0.3 is 15.7 Å². The van der Waals surface area contributed by atoms with Gasteiger partial charge in [0.15, 0.2) is 0 Å². The molecule has 3 nitrogen and oxygen atoms in total. The molecule has 0 amide bonds. The molecule has 3 N–H and O–H groups in total. The van der Waals surface area contributed by atoms with Gasteiger partial charge in [0.1, 0.15) is 0 Å². The molecular weight excluding hydrogens is 184 g/mol. The maximum absolute atomic E-state index is 9.26. The van der Waals surface area contributed by atoms with Crippen molar-refractivity contribution in [2.24, 2.45) is 5.73 Å². The summed E-state index contributed by atoms with van der Waals surface area (Å²) in [6.45, 7) is 2.95. The highest BCUT2D eigenvalue weighted by molar-refractivity contribution is 7.80. The van der Waals surface area contributed by atoms with Crippen LogP contribution in [0, 0.1) is 0 Å². The van der Waals surface area contributed by atoms with Crippen molar-refractivity contribution >= 4 is 17.2 Å². The van der Waals surface area contributed by atoms with Crippen LogP contribution in [0.3, 0.4) is 0 Å². The topological polar surface area (TPSA) is 49.5 Å². The Kier molecular flexibility index (Phi) is 4.62. The number of nitrogens with two attached hydrogens (primary N) is 1. The zero-order valence-corrected chi connectivity index (χ0v) is 8.72. The Labute approximate surface area is 84.9 Å². The van der Waals surface area contributed by atoms with Crippen LogP contribution in [0.2, 0.25) is 0 Å². The number of hydrogen-bond donors (Lipinski definition) is 2. The Hall–Kier alpha value is -0.190. The van der Waals surface area contributed by atoms with Crippen LogP contribution in [0.4, 0.5) is 0 Å². The smallest absolute Gasteiger partial charge is 0.0727 e. The number of likely N-dealkylation sites (tertiary alicyclic amines) is 1. The molecule has 13 heavy (non-hydrogen) atoms. The number of rotatable bonds is 5. The third kappa shape index (κ3) is 4.55. The summed E-state index contributed by atoms with van der Waals surface area (Å²) in [6.07, 6.45) is 3.88. The molecule has 1 aliphatic rings. The maximum atomic E-state index is 9.26. The van der Waals surface area contributed by atoms with Crippen LogP contribution in [-0.2, 0) is 0 Å². The number of unbranched alkanes of at least 4 members (excludes halogenated alkanes) is 1. The lowest BCUT2D eigenvalue weighted by Crippen LogP contribution is -2.23. The molecule has 1 saturated heterocycles. The number of aliphatic hydroxyl groups is 1. The third-order valence-corrected chi connectivity index (χ3v) is 2.60. The predicted molar refractivity (Wildman–Crippen MR) is 57.7 cm³/mol. The van der Waals surface area contributed by atoms with Crippen LogP contribution in [0.25, 0.3) is 0 Å². The van der Waals surface area contributed by atoms with E-state index in [1.165, 1.54) is 0 Å². The van der Waals surface area contributed by atoms with Gasteiger partial charge in [-0.3, -0.25) is 0 Å². The molecule has 0 aliphatic carbocycles. The Balaban J connectivity index is 1.97. The Morgan fingerprint density at radius 1 is 1.54 bits per heavy atom. The first-order valence-electron chi connectivity index (χ1n) is 4.87. The van der Waals surface area contributed by atoms with E-state index >= 15 is 0 Å². The molecular formula is C9H18N2OS. The summed E-state index contributed by atoms with van der Waals surface area (Å²) in [6, 6.07) is 0. The second-order valence-electron chi connectivity index (χ2n) is 3.67. The third-order valence-electron chi connectivity index (χ3n) is 2.40. The number of hydrogen-bond acceptors (Lipinski definition) is 3. The van der Waals surface area contributed by atoms with E-state index in [1.807, 2.05) is 0 Å². The molecule has 0 spiro atoms.